The molecule has 0 saturated carbocycles. The fourth-order valence-electron chi connectivity index (χ4n) is 3.96. The largest absolute Gasteiger partial charge is 0.453 e. The van der Waals surface area contributed by atoms with E-state index in [-0.39, 0.29) is 12.0 Å². The number of methoxy groups -OCH3 is 1. The average Bonchev–Trinajstić information content (AvgIpc) is 2.88. The molecule has 3 rings (SSSR count). The van der Waals surface area contributed by atoms with Crippen LogP contribution in [0.25, 0.3) is 0 Å². The summed E-state index contributed by atoms with van der Waals surface area (Å²) in [7, 11) is 1.40. The van der Waals surface area contributed by atoms with Crippen LogP contribution in [0.2, 0.25) is 0 Å². The maximum Gasteiger partial charge on any atom is 0.409 e. The van der Waals surface area contributed by atoms with Crippen molar-refractivity contribution >= 4 is 23.3 Å². The zero-order chi connectivity index (χ0) is 18.9. The van der Waals surface area contributed by atoms with E-state index in [9.17, 15) is 9.59 Å². The average molecular weight is 379 g/mol. The number of carbonyl (C=O) groups is 2. The van der Waals surface area contributed by atoms with E-state index in [4.69, 9.17) is 4.74 Å². The minimum absolute atomic E-state index is 0.114. The lowest BCUT2D eigenvalue weighted by Crippen LogP contribution is -2.37. The van der Waals surface area contributed by atoms with E-state index in [1.165, 1.54) is 24.0 Å². The molecular weight excluding hydrogens is 348 g/mol. The number of nitrogens with zero attached hydrogens (tertiary/aromatic N) is 2. The summed E-state index contributed by atoms with van der Waals surface area (Å²) in [6.45, 7) is 9.38. The summed E-state index contributed by atoms with van der Waals surface area (Å²) in [5, 5.41) is 0. The summed E-state index contributed by atoms with van der Waals surface area (Å²) in [5.74, 6) is 0.794. The Labute approximate surface area is 160 Å². The van der Waals surface area contributed by atoms with E-state index >= 15 is 0 Å². The van der Waals surface area contributed by atoms with Crippen LogP contribution in [0.4, 0.5) is 4.79 Å². The van der Waals surface area contributed by atoms with Gasteiger partial charge in [-0.3, -0.25) is 4.79 Å². The molecule has 0 spiro atoms. The molecule has 1 saturated heterocycles. The molecule has 1 aromatic rings. The molecule has 1 aliphatic carbocycles. The second-order valence-corrected chi connectivity index (χ2v) is 9.60. The summed E-state index contributed by atoms with van der Waals surface area (Å²) in [6.07, 6.45) is 3.86. The lowest BCUT2D eigenvalue weighted by molar-refractivity contribution is 0.0762. The lowest BCUT2D eigenvalue weighted by Gasteiger charge is -2.33. The molecular formula is C20H30N2O3S. The minimum atomic E-state index is -0.306. The van der Waals surface area contributed by atoms with Crippen molar-refractivity contribution in [3.05, 3.63) is 21.4 Å². The van der Waals surface area contributed by atoms with Crippen molar-refractivity contribution in [2.75, 3.05) is 33.3 Å². The Bertz CT molecular complexity index is 677. The van der Waals surface area contributed by atoms with Gasteiger partial charge in [0, 0.05) is 31.1 Å². The topological polar surface area (TPSA) is 49.9 Å². The molecule has 1 fully saturated rings. The molecule has 1 unspecified atom stereocenters. The smallest absolute Gasteiger partial charge is 0.409 e. The normalized spacial score (nSPS) is 21.2. The standard InChI is InChI=1S/C20H30N2O3S/c1-20(2,3)15-6-7-16-14(12-15)13-17(26-16)18(23)21-8-5-9-22(11-10-21)19(24)25-4/h13,15H,5-12H2,1-4H3. The van der Waals surface area contributed by atoms with E-state index in [2.05, 4.69) is 26.8 Å². The van der Waals surface area contributed by atoms with Gasteiger partial charge in [0.25, 0.3) is 5.91 Å². The summed E-state index contributed by atoms with van der Waals surface area (Å²) in [6, 6.07) is 2.13. The SMILES string of the molecule is COC(=O)N1CCCN(C(=O)c2cc3c(s2)CCC(C(C)(C)C)C3)CC1. The predicted octanol–water partition coefficient (Wildman–Crippen LogP) is 3.81. The van der Waals surface area contributed by atoms with Crippen molar-refractivity contribution in [1.29, 1.82) is 0 Å². The van der Waals surface area contributed by atoms with Gasteiger partial charge in [0.15, 0.2) is 0 Å². The summed E-state index contributed by atoms with van der Waals surface area (Å²) < 4.78 is 4.80. The van der Waals surface area contributed by atoms with Crippen LogP contribution in [0.1, 0.15) is 53.7 Å². The van der Waals surface area contributed by atoms with Crippen LogP contribution in [0, 0.1) is 11.3 Å². The number of rotatable bonds is 1. The Hall–Kier alpha value is -1.56. The van der Waals surface area contributed by atoms with E-state index in [1.807, 2.05) is 4.90 Å². The van der Waals surface area contributed by atoms with Gasteiger partial charge in [0.1, 0.15) is 0 Å². The Morgan fingerprint density at radius 3 is 2.54 bits per heavy atom. The molecule has 1 aliphatic heterocycles. The molecule has 0 radical (unpaired) electrons. The number of ether oxygens (including phenoxy) is 1. The van der Waals surface area contributed by atoms with Crippen LogP contribution >= 0.6 is 11.3 Å². The fraction of sp³-hybridized carbons (Fsp3) is 0.700. The van der Waals surface area contributed by atoms with Crippen molar-refractivity contribution in [3.8, 4) is 0 Å². The van der Waals surface area contributed by atoms with Gasteiger partial charge in [-0.2, -0.15) is 0 Å². The fourth-order valence-corrected chi connectivity index (χ4v) is 5.13. The molecule has 1 aromatic heterocycles. The molecule has 0 N–H and O–H groups in total. The molecule has 2 heterocycles. The van der Waals surface area contributed by atoms with E-state index in [1.54, 1.807) is 16.2 Å². The molecule has 1 atom stereocenters. The van der Waals surface area contributed by atoms with Gasteiger partial charge in [-0.05, 0) is 48.6 Å². The highest BCUT2D eigenvalue weighted by Crippen LogP contribution is 2.40. The third-order valence-electron chi connectivity index (χ3n) is 5.73. The molecule has 6 heteroatoms. The first-order valence-electron chi connectivity index (χ1n) is 9.53. The van der Waals surface area contributed by atoms with E-state index in [0.717, 1.165) is 24.1 Å². The number of hydrogen-bond donors (Lipinski definition) is 0. The van der Waals surface area contributed by atoms with Crippen LogP contribution in [0.5, 0.6) is 0 Å². The zero-order valence-electron chi connectivity index (χ0n) is 16.3. The maximum atomic E-state index is 13.0. The lowest BCUT2D eigenvalue weighted by atomic mass is 9.72. The molecule has 144 valence electrons. The van der Waals surface area contributed by atoms with Crippen molar-refractivity contribution < 1.29 is 14.3 Å². The highest BCUT2D eigenvalue weighted by atomic mass is 32.1. The second kappa shape index (κ2) is 7.59. The number of hydrogen-bond acceptors (Lipinski definition) is 4. The van der Waals surface area contributed by atoms with Crippen LogP contribution in [0.15, 0.2) is 6.07 Å². The van der Waals surface area contributed by atoms with Gasteiger partial charge < -0.3 is 14.5 Å². The Kier molecular flexibility index (Phi) is 5.61. The molecule has 5 nitrogen and oxygen atoms in total. The highest BCUT2D eigenvalue weighted by Gasteiger charge is 2.31. The zero-order valence-corrected chi connectivity index (χ0v) is 17.2. The first-order chi connectivity index (χ1) is 12.3. The van der Waals surface area contributed by atoms with Crippen LogP contribution in [0.3, 0.4) is 0 Å². The first-order valence-corrected chi connectivity index (χ1v) is 10.3. The highest BCUT2D eigenvalue weighted by molar-refractivity contribution is 7.14. The van der Waals surface area contributed by atoms with E-state index < -0.39 is 0 Å². The number of thiophene rings is 1. The van der Waals surface area contributed by atoms with Crippen LogP contribution < -0.4 is 0 Å². The number of carbonyl (C=O) groups excluding carboxylic acids is 2. The second-order valence-electron chi connectivity index (χ2n) is 8.47. The summed E-state index contributed by atoms with van der Waals surface area (Å²) in [4.78, 5) is 30.5. The third-order valence-corrected chi connectivity index (χ3v) is 6.96. The number of fused-ring (bicyclic) bond motifs is 1. The first kappa shape index (κ1) is 19.2. The minimum Gasteiger partial charge on any atom is -0.453 e. The van der Waals surface area contributed by atoms with Gasteiger partial charge >= 0.3 is 6.09 Å². The van der Waals surface area contributed by atoms with Crippen molar-refractivity contribution in [2.45, 2.75) is 46.5 Å². The van der Waals surface area contributed by atoms with Gasteiger partial charge in [-0.15, -0.1) is 11.3 Å². The van der Waals surface area contributed by atoms with Gasteiger partial charge in [-0.25, -0.2) is 4.79 Å². The Morgan fingerprint density at radius 2 is 1.85 bits per heavy atom. The number of aryl methyl sites for hydroxylation is 1. The third kappa shape index (κ3) is 4.05. The maximum absolute atomic E-state index is 13.0. The molecule has 2 amide bonds. The van der Waals surface area contributed by atoms with Gasteiger partial charge in [-0.1, -0.05) is 20.8 Å². The monoisotopic (exact) mass is 378 g/mol. The number of amides is 2. The molecule has 0 aromatic carbocycles. The van der Waals surface area contributed by atoms with E-state index in [0.29, 0.717) is 37.5 Å². The van der Waals surface area contributed by atoms with Crippen molar-refractivity contribution in [3.63, 3.8) is 0 Å². The van der Waals surface area contributed by atoms with Gasteiger partial charge in [0.2, 0.25) is 0 Å². The van der Waals surface area contributed by atoms with Crippen molar-refractivity contribution in [2.24, 2.45) is 11.3 Å². The summed E-state index contributed by atoms with van der Waals surface area (Å²) >= 11 is 1.67. The van der Waals surface area contributed by atoms with Gasteiger partial charge in [0.05, 0.1) is 12.0 Å². The Morgan fingerprint density at radius 1 is 1.15 bits per heavy atom. The van der Waals surface area contributed by atoms with Crippen LogP contribution in [-0.2, 0) is 17.6 Å². The molecule has 26 heavy (non-hydrogen) atoms. The Balaban J connectivity index is 1.68. The summed E-state index contributed by atoms with van der Waals surface area (Å²) in [5.41, 5.74) is 1.68. The quantitative estimate of drug-likeness (QED) is 0.747. The van der Waals surface area contributed by atoms with Crippen LogP contribution in [-0.4, -0.2) is 55.1 Å². The van der Waals surface area contributed by atoms with Crippen molar-refractivity contribution in [1.82, 2.24) is 9.80 Å². The molecule has 2 aliphatic rings. The predicted molar refractivity (Wildman–Crippen MR) is 104 cm³/mol. The molecule has 0 bridgehead atoms.